The number of nitrogens with zero attached hydrogens (tertiary/aromatic N) is 3. The number of hydrogen-bond acceptors (Lipinski definition) is 2. The standard InChI is InChI=1S/C21H27N5/c1-15-8-10-18(11-9-15)16(2)12-23-21(22-4)24-13-19-14-26-17(3)6-5-7-20(26)25-19/h5-11,14,16H,12-13H2,1-4H3,(H2,22,23,24). The first kappa shape index (κ1) is 18.0. The van der Waals surface area contributed by atoms with Crippen LogP contribution in [0.2, 0.25) is 0 Å². The maximum absolute atomic E-state index is 4.65. The van der Waals surface area contributed by atoms with E-state index < -0.39 is 0 Å². The first-order chi connectivity index (χ1) is 12.6. The summed E-state index contributed by atoms with van der Waals surface area (Å²) in [6.07, 6.45) is 2.07. The van der Waals surface area contributed by atoms with Crippen molar-refractivity contribution in [1.29, 1.82) is 0 Å². The zero-order valence-corrected chi connectivity index (χ0v) is 16.0. The van der Waals surface area contributed by atoms with Crippen LogP contribution in [0.25, 0.3) is 5.65 Å². The number of fused-ring (bicyclic) bond motifs is 1. The van der Waals surface area contributed by atoms with Gasteiger partial charge in [-0.05, 0) is 37.5 Å². The Kier molecular flexibility index (Phi) is 5.56. The van der Waals surface area contributed by atoms with Gasteiger partial charge in [0.05, 0.1) is 12.2 Å². The molecule has 1 atom stereocenters. The second kappa shape index (κ2) is 8.04. The van der Waals surface area contributed by atoms with E-state index in [4.69, 9.17) is 0 Å². The molecular formula is C21H27N5. The zero-order chi connectivity index (χ0) is 18.5. The Morgan fingerprint density at radius 2 is 1.88 bits per heavy atom. The van der Waals surface area contributed by atoms with E-state index in [1.54, 1.807) is 7.05 Å². The number of aryl methyl sites for hydroxylation is 2. The highest BCUT2D eigenvalue weighted by molar-refractivity contribution is 5.79. The van der Waals surface area contributed by atoms with Crippen molar-refractivity contribution in [2.24, 2.45) is 4.99 Å². The van der Waals surface area contributed by atoms with Crippen molar-refractivity contribution in [3.8, 4) is 0 Å². The van der Waals surface area contributed by atoms with E-state index in [9.17, 15) is 0 Å². The molecule has 2 heterocycles. The number of imidazole rings is 1. The van der Waals surface area contributed by atoms with E-state index in [-0.39, 0.29) is 0 Å². The second-order valence-electron chi connectivity index (χ2n) is 6.75. The van der Waals surface area contributed by atoms with Crippen molar-refractivity contribution in [3.63, 3.8) is 0 Å². The Morgan fingerprint density at radius 3 is 2.58 bits per heavy atom. The molecule has 0 aliphatic carbocycles. The van der Waals surface area contributed by atoms with Gasteiger partial charge in [-0.1, -0.05) is 42.8 Å². The molecule has 0 saturated carbocycles. The highest BCUT2D eigenvalue weighted by Gasteiger charge is 2.08. The maximum atomic E-state index is 4.65. The first-order valence-electron chi connectivity index (χ1n) is 9.01. The molecule has 1 aromatic carbocycles. The number of benzene rings is 1. The lowest BCUT2D eigenvalue weighted by Crippen LogP contribution is -2.38. The van der Waals surface area contributed by atoms with E-state index in [1.807, 2.05) is 12.1 Å². The molecule has 136 valence electrons. The molecule has 5 nitrogen and oxygen atoms in total. The minimum absolute atomic E-state index is 0.409. The zero-order valence-electron chi connectivity index (χ0n) is 16.0. The molecule has 5 heteroatoms. The second-order valence-corrected chi connectivity index (χ2v) is 6.75. The van der Waals surface area contributed by atoms with Gasteiger partial charge in [0.2, 0.25) is 0 Å². The van der Waals surface area contributed by atoms with Crippen LogP contribution in [-0.2, 0) is 6.54 Å². The van der Waals surface area contributed by atoms with Crippen LogP contribution in [0.5, 0.6) is 0 Å². The number of pyridine rings is 1. The van der Waals surface area contributed by atoms with Crippen LogP contribution >= 0.6 is 0 Å². The van der Waals surface area contributed by atoms with Crippen LogP contribution < -0.4 is 10.6 Å². The fourth-order valence-electron chi connectivity index (χ4n) is 2.94. The van der Waals surface area contributed by atoms with Gasteiger partial charge in [-0.3, -0.25) is 4.99 Å². The van der Waals surface area contributed by atoms with Crippen LogP contribution in [0.3, 0.4) is 0 Å². The van der Waals surface area contributed by atoms with Gasteiger partial charge >= 0.3 is 0 Å². The lowest BCUT2D eigenvalue weighted by Gasteiger charge is -2.16. The molecule has 0 bridgehead atoms. The van der Waals surface area contributed by atoms with E-state index in [0.29, 0.717) is 12.5 Å². The smallest absolute Gasteiger partial charge is 0.191 e. The quantitative estimate of drug-likeness (QED) is 0.548. The van der Waals surface area contributed by atoms with Crippen molar-refractivity contribution in [1.82, 2.24) is 20.0 Å². The summed E-state index contributed by atoms with van der Waals surface area (Å²) < 4.78 is 2.10. The van der Waals surface area contributed by atoms with Crippen molar-refractivity contribution >= 4 is 11.6 Å². The average molecular weight is 349 g/mol. The molecule has 0 fully saturated rings. The Labute approximate surface area is 155 Å². The number of guanidine groups is 1. The van der Waals surface area contributed by atoms with Crippen LogP contribution in [-0.4, -0.2) is 28.9 Å². The van der Waals surface area contributed by atoms with Gasteiger partial charge in [0.1, 0.15) is 5.65 Å². The van der Waals surface area contributed by atoms with Crippen LogP contribution in [0.15, 0.2) is 53.7 Å². The molecule has 0 aliphatic rings. The van der Waals surface area contributed by atoms with E-state index in [2.05, 4.69) is 82.3 Å². The Balaban J connectivity index is 1.55. The number of rotatable bonds is 5. The van der Waals surface area contributed by atoms with Crippen LogP contribution in [0.1, 0.15) is 35.4 Å². The SMILES string of the molecule is CN=C(NCc1cn2c(C)cccc2n1)NCC(C)c1ccc(C)cc1. The van der Waals surface area contributed by atoms with Gasteiger partial charge in [-0.25, -0.2) is 4.98 Å². The normalized spacial score (nSPS) is 13.0. The Hall–Kier alpha value is -2.82. The lowest BCUT2D eigenvalue weighted by atomic mass is 10.0. The third-order valence-corrected chi connectivity index (χ3v) is 4.63. The minimum atomic E-state index is 0.409. The topological polar surface area (TPSA) is 53.7 Å². The molecule has 0 saturated heterocycles. The van der Waals surface area contributed by atoms with E-state index in [0.717, 1.165) is 23.8 Å². The summed E-state index contributed by atoms with van der Waals surface area (Å²) in [6.45, 7) is 7.88. The molecule has 2 aromatic heterocycles. The van der Waals surface area contributed by atoms with Crippen LogP contribution in [0.4, 0.5) is 0 Å². The Morgan fingerprint density at radius 1 is 1.12 bits per heavy atom. The van der Waals surface area contributed by atoms with Gasteiger partial charge in [0.15, 0.2) is 5.96 Å². The molecule has 1 unspecified atom stereocenters. The number of nitrogens with one attached hydrogen (secondary N) is 2. The van der Waals surface area contributed by atoms with Crippen molar-refractivity contribution in [3.05, 3.63) is 71.2 Å². The first-order valence-corrected chi connectivity index (χ1v) is 9.01. The molecular weight excluding hydrogens is 322 g/mol. The monoisotopic (exact) mass is 349 g/mol. The maximum Gasteiger partial charge on any atom is 0.191 e. The van der Waals surface area contributed by atoms with E-state index >= 15 is 0 Å². The molecule has 0 aliphatic heterocycles. The highest BCUT2D eigenvalue weighted by atomic mass is 15.2. The minimum Gasteiger partial charge on any atom is -0.356 e. The van der Waals surface area contributed by atoms with Crippen molar-refractivity contribution in [2.45, 2.75) is 33.2 Å². The molecule has 0 amide bonds. The van der Waals surface area contributed by atoms with Crippen molar-refractivity contribution in [2.75, 3.05) is 13.6 Å². The molecule has 3 rings (SSSR count). The van der Waals surface area contributed by atoms with Gasteiger partial charge in [0, 0.05) is 25.5 Å². The third-order valence-electron chi connectivity index (χ3n) is 4.63. The summed E-state index contributed by atoms with van der Waals surface area (Å²) in [7, 11) is 1.79. The summed E-state index contributed by atoms with van der Waals surface area (Å²) in [4.78, 5) is 8.96. The summed E-state index contributed by atoms with van der Waals surface area (Å²) in [6, 6.07) is 14.8. The predicted molar refractivity (Wildman–Crippen MR) is 108 cm³/mol. The predicted octanol–water partition coefficient (Wildman–Crippen LogP) is 3.42. The summed E-state index contributed by atoms with van der Waals surface area (Å²) in [5.41, 5.74) is 5.76. The van der Waals surface area contributed by atoms with Gasteiger partial charge in [-0.2, -0.15) is 0 Å². The molecule has 2 N–H and O–H groups in total. The van der Waals surface area contributed by atoms with Gasteiger partial charge in [-0.15, -0.1) is 0 Å². The summed E-state index contributed by atoms with van der Waals surface area (Å²) >= 11 is 0. The Bertz CT molecular complexity index is 892. The summed E-state index contributed by atoms with van der Waals surface area (Å²) in [5, 5.41) is 6.75. The van der Waals surface area contributed by atoms with E-state index in [1.165, 1.54) is 16.8 Å². The highest BCUT2D eigenvalue weighted by Crippen LogP contribution is 2.14. The van der Waals surface area contributed by atoms with Gasteiger partial charge < -0.3 is 15.0 Å². The third kappa shape index (κ3) is 4.23. The van der Waals surface area contributed by atoms with Crippen molar-refractivity contribution < 1.29 is 0 Å². The van der Waals surface area contributed by atoms with Gasteiger partial charge in [0.25, 0.3) is 0 Å². The van der Waals surface area contributed by atoms with Crippen LogP contribution in [0, 0.1) is 13.8 Å². The number of hydrogen-bond donors (Lipinski definition) is 2. The molecule has 3 aromatic rings. The number of aromatic nitrogens is 2. The fourth-order valence-corrected chi connectivity index (χ4v) is 2.94. The average Bonchev–Trinajstić information content (AvgIpc) is 3.07. The molecule has 26 heavy (non-hydrogen) atoms. The fraction of sp³-hybridized carbons (Fsp3) is 0.333. The molecule has 0 radical (unpaired) electrons. The largest absolute Gasteiger partial charge is 0.356 e. The number of aliphatic imine (C=N–C) groups is 1. The summed E-state index contributed by atoms with van der Waals surface area (Å²) in [5.74, 6) is 1.20. The lowest BCUT2D eigenvalue weighted by molar-refractivity contribution is 0.697. The molecule has 0 spiro atoms.